The van der Waals surface area contributed by atoms with Crippen molar-refractivity contribution in [1.82, 2.24) is 4.90 Å². The van der Waals surface area contributed by atoms with Crippen molar-refractivity contribution >= 4 is 29.0 Å². The summed E-state index contributed by atoms with van der Waals surface area (Å²) in [6, 6.07) is 5.21. The Kier molecular flexibility index (Phi) is 4.59. The average Bonchev–Trinajstić information content (AvgIpc) is 2.21. The molecule has 0 saturated carbocycles. The van der Waals surface area contributed by atoms with Crippen LogP contribution in [0, 0.1) is 0 Å². The lowest BCUT2D eigenvalue weighted by atomic mass is 9.92. The lowest BCUT2D eigenvalue weighted by molar-refractivity contribution is -0.127. The fourth-order valence-electron chi connectivity index (χ4n) is 1.30. The molecule has 1 aromatic rings. The minimum absolute atomic E-state index is 0.131. The van der Waals surface area contributed by atoms with Crippen molar-refractivity contribution in [3.8, 4) is 0 Å². The smallest absolute Gasteiger partial charge is 0.156 e. The second-order valence-corrected chi connectivity index (χ2v) is 5.63. The highest BCUT2D eigenvalue weighted by molar-refractivity contribution is 6.35. The summed E-state index contributed by atoms with van der Waals surface area (Å²) in [6.45, 7) is 3.80. The number of hydrogen-bond donors (Lipinski definition) is 0. The monoisotopic (exact) mass is 273 g/mol. The summed E-state index contributed by atoms with van der Waals surface area (Å²) < 4.78 is 0. The molecule has 0 spiro atoms. The summed E-state index contributed by atoms with van der Waals surface area (Å²) >= 11 is 11.9. The number of nitrogens with zero attached hydrogens (tertiary/aromatic N) is 1. The van der Waals surface area contributed by atoms with Crippen LogP contribution in [0.5, 0.6) is 0 Å². The Balaban J connectivity index is 2.89. The van der Waals surface area contributed by atoms with Crippen molar-refractivity contribution in [2.75, 3.05) is 14.1 Å². The van der Waals surface area contributed by atoms with Gasteiger partial charge in [0.15, 0.2) is 5.78 Å². The van der Waals surface area contributed by atoms with Crippen LogP contribution in [0.4, 0.5) is 0 Å². The van der Waals surface area contributed by atoms with E-state index in [4.69, 9.17) is 23.2 Å². The van der Waals surface area contributed by atoms with Crippen molar-refractivity contribution < 1.29 is 4.79 Å². The number of rotatable bonds is 4. The molecule has 0 amide bonds. The Morgan fingerprint density at radius 1 is 1.29 bits per heavy atom. The number of carbonyl (C=O) groups excluding carboxylic acids is 1. The molecule has 94 valence electrons. The van der Waals surface area contributed by atoms with Crippen LogP contribution >= 0.6 is 23.2 Å². The van der Waals surface area contributed by atoms with Gasteiger partial charge in [-0.25, -0.2) is 0 Å². The third-order valence-corrected chi connectivity index (χ3v) is 3.75. The molecular formula is C13H17Cl2NO. The van der Waals surface area contributed by atoms with E-state index in [0.717, 1.165) is 5.56 Å². The highest BCUT2D eigenvalue weighted by atomic mass is 35.5. The molecule has 4 heteroatoms. The van der Waals surface area contributed by atoms with Gasteiger partial charge in [-0.2, -0.15) is 0 Å². The molecule has 1 aromatic carbocycles. The van der Waals surface area contributed by atoms with E-state index in [0.29, 0.717) is 16.5 Å². The van der Waals surface area contributed by atoms with Gasteiger partial charge in [-0.05, 0) is 45.6 Å². The Bertz CT molecular complexity index is 427. The SMILES string of the molecule is CN(C)C(C)(C)C(=O)Cc1ccc(Cl)cc1Cl. The molecule has 17 heavy (non-hydrogen) atoms. The van der Waals surface area contributed by atoms with E-state index >= 15 is 0 Å². The van der Waals surface area contributed by atoms with Crippen LogP contribution in [0.3, 0.4) is 0 Å². The van der Waals surface area contributed by atoms with Gasteiger partial charge in [-0.1, -0.05) is 29.3 Å². The molecule has 0 aliphatic rings. The fourth-order valence-corrected chi connectivity index (χ4v) is 1.78. The molecule has 0 fully saturated rings. The molecule has 0 bridgehead atoms. The summed E-state index contributed by atoms with van der Waals surface area (Å²) in [5.74, 6) is 0.131. The largest absolute Gasteiger partial charge is 0.298 e. The first-order valence-electron chi connectivity index (χ1n) is 5.40. The highest BCUT2D eigenvalue weighted by Gasteiger charge is 2.29. The van der Waals surface area contributed by atoms with Gasteiger partial charge < -0.3 is 0 Å². The van der Waals surface area contributed by atoms with Gasteiger partial charge in [0.1, 0.15) is 0 Å². The van der Waals surface area contributed by atoms with E-state index in [9.17, 15) is 4.79 Å². The Labute approximate surface area is 113 Å². The number of ketones is 1. The van der Waals surface area contributed by atoms with Crippen molar-refractivity contribution in [3.63, 3.8) is 0 Å². The summed E-state index contributed by atoms with van der Waals surface area (Å²) in [5, 5.41) is 1.12. The molecule has 0 aliphatic heterocycles. The minimum Gasteiger partial charge on any atom is -0.298 e. The zero-order valence-electron chi connectivity index (χ0n) is 10.6. The zero-order chi connectivity index (χ0) is 13.2. The van der Waals surface area contributed by atoms with Crippen LogP contribution in [0.2, 0.25) is 10.0 Å². The van der Waals surface area contributed by atoms with Crippen LogP contribution in [-0.2, 0) is 11.2 Å². The molecule has 1 rings (SSSR count). The minimum atomic E-state index is -0.497. The van der Waals surface area contributed by atoms with E-state index in [1.165, 1.54) is 0 Å². The molecule has 2 nitrogen and oxygen atoms in total. The number of carbonyl (C=O) groups is 1. The number of likely N-dealkylation sites (N-methyl/N-ethyl adjacent to an activating group) is 1. The molecule has 0 unspecified atom stereocenters. The van der Waals surface area contributed by atoms with Gasteiger partial charge in [0.25, 0.3) is 0 Å². The van der Waals surface area contributed by atoms with Crippen molar-refractivity contribution in [2.24, 2.45) is 0 Å². The van der Waals surface area contributed by atoms with Gasteiger partial charge in [0.05, 0.1) is 5.54 Å². The van der Waals surface area contributed by atoms with E-state index in [2.05, 4.69) is 0 Å². The molecule has 0 atom stereocenters. The lowest BCUT2D eigenvalue weighted by Gasteiger charge is -2.31. The number of hydrogen-bond acceptors (Lipinski definition) is 2. The molecule has 0 aliphatic carbocycles. The molecular weight excluding hydrogens is 257 g/mol. The van der Waals surface area contributed by atoms with Crippen LogP contribution in [0.15, 0.2) is 18.2 Å². The van der Waals surface area contributed by atoms with E-state index in [1.807, 2.05) is 32.8 Å². The molecule has 0 saturated heterocycles. The van der Waals surface area contributed by atoms with Gasteiger partial charge in [0.2, 0.25) is 0 Å². The third kappa shape index (κ3) is 3.44. The first-order valence-corrected chi connectivity index (χ1v) is 6.15. The molecule has 0 N–H and O–H groups in total. The standard InChI is InChI=1S/C13H17Cl2NO/c1-13(2,16(3)4)12(17)7-9-5-6-10(14)8-11(9)15/h5-6,8H,7H2,1-4H3. The van der Waals surface area contributed by atoms with Crippen molar-refractivity contribution in [1.29, 1.82) is 0 Å². The van der Waals surface area contributed by atoms with Gasteiger partial charge >= 0.3 is 0 Å². The number of halogens is 2. The van der Waals surface area contributed by atoms with Gasteiger partial charge in [-0.15, -0.1) is 0 Å². The maximum absolute atomic E-state index is 12.2. The Hall–Kier alpha value is -0.570. The second kappa shape index (κ2) is 5.38. The van der Waals surface area contributed by atoms with E-state index < -0.39 is 5.54 Å². The number of Topliss-reactive ketones (excluding diaryl/α,β-unsaturated/α-hetero) is 1. The lowest BCUT2D eigenvalue weighted by Crippen LogP contribution is -2.46. The van der Waals surface area contributed by atoms with Crippen LogP contribution in [0.25, 0.3) is 0 Å². The Morgan fingerprint density at radius 2 is 1.88 bits per heavy atom. The van der Waals surface area contributed by atoms with E-state index in [-0.39, 0.29) is 5.78 Å². The quantitative estimate of drug-likeness (QED) is 0.838. The zero-order valence-corrected chi connectivity index (χ0v) is 12.1. The molecule has 0 heterocycles. The first-order chi connectivity index (χ1) is 7.75. The fraction of sp³-hybridized carbons (Fsp3) is 0.462. The van der Waals surface area contributed by atoms with Crippen LogP contribution in [-0.4, -0.2) is 30.3 Å². The normalized spacial score (nSPS) is 11.9. The van der Waals surface area contributed by atoms with E-state index in [1.54, 1.807) is 18.2 Å². The Morgan fingerprint density at radius 3 is 2.35 bits per heavy atom. The van der Waals surface area contributed by atoms with Gasteiger partial charge in [-0.3, -0.25) is 9.69 Å². The highest BCUT2D eigenvalue weighted by Crippen LogP contribution is 2.23. The van der Waals surface area contributed by atoms with Crippen molar-refractivity contribution in [2.45, 2.75) is 25.8 Å². The maximum Gasteiger partial charge on any atom is 0.156 e. The van der Waals surface area contributed by atoms with Crippen LogP contribution in [0.1, 0.15) is 19.4 Å². The first kappa shape index (κ1) is 14.5. The third-order valence-electron chi connectivity index (χ3n) is 3.17. The summed E-state index contributed by atoms with van der Waals surface area (Å²) in [4.78, 5) is 14.1. The summed E-state index contributed by atoms with van der Waals surface area (Å²) in [7, 11) is 3.78. The maximum atomic E-state index is 12.2. The van der Waals surface area contributed by atoms with Gasteiger partial charge in [0, 0.05) is 16.5 Å². The summed E-state index contributed by atoms with van der Waals surface area (Å²) in [6.07, 6.45) is 0.321. The number of benzene rings is 1. The topological polar surface area (TPSA) is 20.3 Å². The second-order valence-electron chi connectivity index (χ2n) is 4.79. The predicted molar refractivity (Wildman–Crippen MR) is 72.9 cm³/mol. The van der Waals surface area contributed by atoms with Crippen molar-refractivity contribution in [3.05, 3.63) is 33.8 Å². The summed E-state index contributed by atoms with van der Waals surface area (Å²) in [5.41, 5.74) is 0.319. The average molecular weight is 274 g/mol. The van der Waals surface area contributed by atoms with Crippen LogP contribution < -0.4 is 0 Å². The molecule has 0 radical (unpaired) electrons. The molecule has 0 aromatic heterocycles. The predicted octanol–water partition coefficient (Wildman–Crippen LogP) is 3.45.